The summed E-state index contributed by atoms with van der Waals surface area (Å²) in [6.45, 7) is 10.9. The summed E-state index contributed by atoms with van der Waals surface area (Å²) in [4.78, 5) is 2.33. The lowest BCUT2D eigenvalue weighted by atomic mass is 10.2. The highest BCUT2D eigenvalue weighted by molar-refractivity contribution is 4.80. The monoisotopic (exact) mass is 199 g/mol. The Morgan fingerprint density at radius 3 is 2.07 bits per heavy atom. The number of nitrogens with zero attached hydrogens (tertiary/aromatic N) is 1. The molecule has 0 aliphatic rings. The molecule has 2 nitrogen and oxygen atoms in total. The van der Waals surface area contributed by atoms with Crippen LogP contribution in [-0.4, -0.2) is 35.7 Å². The van der Waals surface area contributed by atoms with E-state index in [0.29, 0.717) is 0 Å². The first-order valence-electron chi connectivity index (χ1n) is 5.77. The van der Waals surface area contributed by atoms with Crippen molar-refractivity contribution in [1.29, 1.82) is 0 Å². The maximum Gasteiger partial charge on any atom is 0.0845 e. The minimum absolute atomic E-state index is 0.372. The zero-order chi connectivity index (χ0) is 10.8. The molecule has 0 rings (SSSR count). The standard InChI is InChI=1S/C12H25NO/c1-4-7-9-13(10-8-5-2)11-12(14)6-3/h6,12,14H,3-5,7-11H2,1-2H3/t12-/m0/s1. The van der Waals surface area contributed by atoms with Gasteiger partial charge in [-0.1, -0.05) is 32.8 Å². The van der Waals surface area contributed by atoms with Crippen LogP contribution < -0.4 is 0 Å². The molecule has 1 atom stereocenters. The smallest absolute Gasteiger partial charge is 0.0845 e. The van der Waals surface area contributed by atoms with E-state index >= 15 is 0 Å². The van der Waals surface area contributed by atoms with E-state index in [9.17, 15) is 5.11 Å². The molecule has 0 bridgehead atoms. The van der Waals surface area contributed by atoms with Crippen molar-refractivity contribution >= 4 is 0 Å². The van der Waals surface area contributed by atoms with Crippen LogP contribution in [0.5, 0.6) is 0 Å². The van der Waals surface area contributed by atoms with Gasteiger partial charge in [0.2, 0.25) is 0 Å². The van der Waals surface area contributed by atoms with Crippen molar-refractivity contribution in [1.82, 2.24) is 4.90 Å². The fourth-order valence-corrected chi connectivity index (χ4v) is 1.40. The number of unbranched alkanes of at least 4 members (excludes halogenated alkanes) is 2. The highest BCUT2D eigenvalue weighted by atomic mass is 16.3. The van der Waals surface area contributed by atoms with Crippen molar-refractivity contribution in [3.63, 3.8) is 0 Å². The van der Waals surface area contributed by atoms with Crippen molar-refractivity contribution in [3.05, 3.63) is 12.7 Å². The van der Waals surface area contributed by atoms with E-state index in [1.165, 1.54) is 25.7 Å². The van der Waals surface area contributed by atoms with Crippen molar-refractivity contribution in [2.45, 2.75) is 45.6 Å². The quantitative estimate of drug-likeness (QED) is 0.577. The van der Waals surface area contributed by atoms with Gasteiger partial charge in [0, 0.05) is 6.54 Å². The Morgan fingerprint density at radius 2 is 1.71 bits per heavy atom. The van der Waals surface area contributed by atoms with Gasteiger partial charge in [-0.2, -0.15) is 0 Å². The van der Waals surface area contributed by atoms with Crippen molar-refractivity contribution < 1.29 is 5.11 Å². The molecule has 0 aromatic rings. The largest absolute Gasteiger partial charge is 0.388 e. The Hall–Kier alpha value is -0.340. The van der Waals surface area contributed by atoms with Gasteiger partial charge in [-0.3, -0.25) is 0 Å². The van der Waals surface area contributed by atoms with Crippen LogP contribution in [0.3, 0.4) is 0 Å². The van der Waals surface area contributed by atoms with Crippen molar-refractivity contribution in [2.24, 2.45) is 0 Å². The van der Waals surface area contributed by atoms with Crippen LogP contribution in [0.2, 0.25) is 0 Å². The predicted octanol–water partition coefficient (Wildman–Crippen LogP) is 2.44. The fraction of sp³-hybridized carbons (Fsp3) is 0.833. The van der Waals surface area contributed by atoms with Crippen LogP contribution in [0.4, 0.5) is 0 Å². The van der Waals surface area contributed by atoms with Gasteiger partial charge >= 0.3 is 0 Å². The molecule has 0 heterocycles. The van der Waals surface area contributed by atoms with Crippen LogP contribution >= 0.6 is 0 Å². The average molecular weight is 199 g/mol. The molecule has 0 amide bonds. The summed E-state index contributed by atoms with van der Waals surface area (Å²) < 4.78 is 0. The Kier molecular flexibility index (Phi) is 9.00. The third-order valence-corrected chi connectivity index (χ3v) is 2.37. The molecule has 0 radical (unpaired) electrons. The number of aliphatic hydroxyl groups excluding tert-OH is 1. The molecule has 0 saturated carbocycles. The molecule has 1 N–H and O–H groups in total. The van der Waals surface area contributed by atoms with Crippen molar-refractivity contribution in [3.8, 4) is 0 Å². The van der Waals surface area contributed by atoms with Gasteiger partial charge in [0.25, 0.3) is 0 Å². The van der Waals surface area contributed by atoms with Gasteiger partial charge in [-0.05, 0) is 25.9 Å². The van der Waals surface area contributed by atoms with E-state index in [4.69, 9.17) is 0 Å². The number of rotatable bonds is 9. The lowest BCUT2D eigenvalue weighted by molar-refractivity contribution is 0.144. The van der Waals surface area contributed by atoms with Crippen LogP contribution in [0.1, 0.15) is 39.5 Å². The first-order chi connectivity index (χ1) is 6.74. The van der Waals surface area contributed by atoms with Gasteiger partial charge in [0.1, 0.15) is 0 Å². The molecule has 0 saturated heterocycles. The third-order valence-electron chi connectivity index (χ3n) is 2.37. The number of hydrogen-bond donors (Lipinski definition) is 1. The van der Waals surface area contributed by atoms with Gasteiger partial charge in [-0.15, -0.1) is 6.58 Å². The fourth-order valence-electron chi connectivity index (χ4n) is 1.40. The first kappa shape index (κ1) is 13.7. The van der Waals surface area contributed by atoms with Crippen LogP contribution in [-0.2, 0) is 0 Å². The summed E-state index contributed by atoms with van der Waals surface area (Å²) in [6.07, 6.45) is 6.11. The lowest BCUT2D eigenvalue weighted by Crippen LogP contribution is -2.33. The van der Waals surface area contributed by atoms with Gasteiger partial charge in [0.15, 0.2) is 0 Å². The molecular formula is C12H25NO. The maximum absolute atomic E-state index is 9.47. The van der Waals surface area contributed by atoms with Crippen LogP contribution in [0.25, 0.3) is 0 Å². The van der Waals surface area contributed by atoms with E-state index in [2.05, 4.69) is 25.3 Å². The second-order valence-corrected chi connectivity index (χ2v) is 3.81. The Balaban J connectivity index is 3.76. The van der Waals surface area contributed by atoms with Gasteiger partial charge in [0.05, 0.1) is 6.10 Å². The molecule has 0 unspecified atom stereocenters. The highest BCUT2D eigenvalue weighted by Gasteiger charge is 2.07. The second kappa shape index (κ2) is 9.22. The van der Waals surface area contributed by atoms with Gasteiger partial charge in [-0.25, -0.2) is 0 Å². The van der Waals surface area contributed by atoms with Crippen molar-refractivity contribution in [2.75, 3.05) is 19.6 Å². The molecule has 0 aromatic heterocycles. The molecule has 0 aliphatic carbocycles. The minimum Gasteiger partial charge on any atom is -0.388 e. The molecule has 0 fully saturated rings. The summed E-state index contributed by atoms with van der Waals surface area (Å²) in [6, 6.07) is 0. The molecule has 0 spiro atoms. The van der Waals surface area contributed by atoms with E-state index in [1.54, 1.807) is 6.08 Å². The first-order valence-corrected chi connectivity index (χ1v) is 5.77. The SMILES string of the molecule is C=C[C@H](O)CN(CCCC)CCCC. The summed E-state index contributed by atoms with van der Waals surface area (Å²) in [7, 11) is 0. The zero-order valence-electron chi connectivity index (χ0n) is 9.71. The second-order valence-electron chi connectivity index (χ2n) is 3.81. The number of hydrogen-bond acceptors (Lipinski definition) is 2. The summed E-state index contributed by atoms with van der Waals surface area (Å²) in [5, 5.41) is 9.47. The maximum atomic E-state index is 9.47. The van der Waals surface area contributed by atoms with Crippen LogP contribution in [0.15, 0.2) is 12.7 Å². The normalized spacial score (nSPS) is 13.1. The zero-order valence-corrected chi connectivity index (χ0v) is 9.71. The Morgan fingerprint density at radius 1 is 1.21 bits per heavy atom. The summed E-state index contributed by atoms with van der Waals surface area (Å²) in [5.74, 6) is 0. The highest BCUT2D eigenvalue weighted by Crippen LogP contribution is 2.01. The lowest BCUT2D eigenvalue weighted by Gasteiger charge is -2.23. The topological polar surface area (TPSA) is 23.5 Å². The molecular weight excluding hydrogens is 174 g/mol. The van der Waals surface area contributed by atoms with E-state index in [-0.39, 0.29) is 6.10 Å². The van der Waals surface area contributed by atoms with Crippen LogP contribution in [0, 0.1) is 0 Å². The molecule has 0 aliphatic heterocycles. The third kappa shape index (κ3) is 7.10. The van der Waals surface area contributed by atoms with E-state index in [0.717, 1.165) is 19.6 Å². The molecule has 2 heteroatoms. The van der Waals surface area contributed by atoms with Gasteiger partial charge < -0.3 is 10.0 Å². The average Bonchev–Trinajstić information content (AvgIpc) is 2.21. The molecule has 0 aromatic carbocycles. The predicted molar refractivity (Wildman–Crippen MR) is 62.5 cm³/mol. The minimum atomic E-state index is -0.372. The number of aliphatic hydroxyl groups is 1. The molecule has 14 heavy (non-hydrogen) atoms. The van der Waals surface area contributed by atoms with E-state index in [1.807, 2.05) is 0 Å². The Labute approximate surface area is 88.6 Å². The van der Waals surface area contributed by atoms with E-state index < -0.39 is 0 Å². The molecule has 84 valence electrons. The summed E-state index contributed by atoms with van der Waals surface area (Å²) >= 11 is 0. The summed E-state index contributed by atoms with van der Waals surface area (Å²) in [5.41, 5.74) is 0. The Bertz CT molecular complexity index is 128.